The quantitative estimate of drug-likeness (QED) is 0.391. The van der Waals surface area contributed by atoms with Crippen LogP contribution in [0, 0.1) is 16.7 Å². The van der Waals surface area contributed by atoms with E-state index in [1.54, 1.807) is 58.0 Å². The van der Waals surface area contributed by atoms with Crippen molar-refractivity contribution in [2.45, 2.75) is 37.8 Å². The lowest BCUT2D eigenvalue weighted by Crippen LogP contribution is -2.47. The number of ketones is 1. The number of rotatable bonds is 7. The van der Waals surface area contributed by atoms with Crippen LogP contribution in [-0.4, -0.2) is 25.7 Å². The van der Waals surface area contributed by atoms with Gasteiger partial charge in [0.25, 0.3) is 0 Å². The smallest absolute Gasteiger partial charge is 0.182 e. The van der Waals surface area contributed by atoms with E-state index in [1.165, 1.54) is 0 Å². The molecule has 0 amide bonds. The van der Waals surface area contributed by atoms with Crippen molar-refractivity contribution < 1.29 is 18.0 Å². The van der Waals surface area contributed by atoms with Crippen LogP contribution >= 0.6 is 0 Å². The van der Waals surface area contributed by atoms with Gasteiger partial charge in [-0.15, -0.1) is 0 Å². The molecule has 4 nitrogen and oxygen atoms in total. The van der Waals surface area contributed by atoms with E-state index >= 15 is 0 Å². The highest BCUT2D eigenvalue weighted by Crippen LogP contribution is 2.62. The number of allylic oxidation sites excluding steroid dienone is 2. The Morgan fingerprint density at radius 3 is 1.51 bits per heavy atom. The lowest BCUT2D eigenvalue weighted by Gasteiger charge is -2.36. The Morgan fingerprint density at radius 1 is 0.686 bits per heavy atom. The first-order valence-electron chi connectivity index (χ1n) is 11.8. The van der Waals surface area contributed by atoms with Gasteiger partial charge >= 0.3 is 0 Å². The molecule has 3 aromatic carbocycles. The zero-order chi connectivity index (χ0) is 25.4. The minimum atomic E-state index is -3.89. The number of benzene rings is 3. The fraction of sp³-hybridized carbons (Fsp3) is 0.267. The van der Waals surface area contributed by atoms with E-state index in [1.807, 2.05) is 60.7 Å². The van der Waals surface area contributed by atoms with Gasteiger partial charge in [0, 0.05) is 5.92 Å². The van der Waals surface area contributed by atoms with Crippen molar-refractivity contribution in [1.29, 1.82) is 0 Å². The Balaban J connectivity index is 2.11. The second-order valence-corrected chi connectivity index (χ2v) is 11.9. The van der Waals surface area contributed by atoms with E-state index < -0.39 is 31.8 Å². The molecule has 0 saturated carbocycles. The summed E-state index contributed by atoms with van der Waals surface area (Å²) in [5.41, 5.74) is 0.364. The van der Waals surface area contributed by atoms with Gasteiger partial charge in [-0.2, -0.15) is 0 Å². The average molecular weight is 487 g/mol. The van der Waals surface area contributed by atoms with Crippen LogP contribution in [0.5, 0.6) is 0 Å². The zero-order valence-corrected chi connectivity index (χ0v) is 21.3. The van der Waals surface area contributed by atoms with Gasteiger partial charge in [-0.05, 0) is 55.2 Å². The van der Waals surface area contributed by atoms with Crippen LogP contribution in [-0.2, 0) is 19.4 Å². The molecule has 180 valence electrons. The molecule has 4 unspecified atom stereocenters. The van der Waals surface area contributed by atoms with E-state index in [-0.39, 0.29) is 10.7 Å². The molecule has 0 saturated heterocycles. The predicted molar refractivity (Wildman–Crippen MR) is 139 cm³/mol. The molecule has 0 spiro atoms. The van der Waals surface area contributed by atoms with Crippen LogP contribution in [0.2, 0.25) is 0 Å². The number of Topliss-reactive ketones (excluding diaryl/α,β-unsaturated/α-hetero) is 1. The minimum Gasteiger partial charge on any atom is -0.303 e. The lowest BCUT2D eigenvalue weighted by molar-refractivity contribution is -0.134. The van der Waals surface area contributed by atoms with Gasteiger partial charge in [-0.1, -0.05) is 85.8 Å². The molecule has 0 aliphatic heterocycles. The summed E-state index contributed by atoms with van der Waals surface area (Å²) in [6, 6.07) is 27.2. The molecule has 0 radical (unpaired) electrons. The molecule has 35 heavy (non-hydrogen) atoms. The van der Waals surface area contributed by atoms with Crippen molar-refractivity contribution in [1.82, 2.24) is 0 Å². The van der Waals surface area contributed by atoms with Crippen LogP contribution < -0.4 is 0 Å². The zero-order valence-electron chi connectivity index (χ0n) is 20.4. The topological polar surface area (TPSA) is 68.3 Å². The van der Waals surface area contributed by atoms with Crippen LogP contribution in [0.25, 0.3) is 11.1 Å². The Bertz CT molecular complexity index is 1380. The molecular formula is C30H30O4S. The monoisotopic (exact) mass is 486 g/mol. The van der Waals surface area contributed by atoms with Crippen molar-refractivity contribution in [3.63, 3.8) is 0 Å². The molecule has 1 aliphatic carbocycles. The molecule has 3 aromatic rings. The molecule has 1 aliphatic rings. The summed E-state index contributed by atoms with van der Waals surface area (Å²) in [5.74, 6) is -0.910. The molecule has 0 N–H and O–H groups in total. The third kappa shape index (κ3) is 3.69. The Morgan fingerprint density at radius 2 is 1.09 bits per heavy atom. The summed E-state index contributed by atoms with van der Waals surface area (Å²) in [5, 5.41) is -1.07. The number of hydrogen-bond donors (Lipinski definition) is 0. The van der Waals surface area contributed by atoms with Crippen molar-refractivity contribution >= 4 is 33.1 Å². The summed E-state index contributed by atoms with van der Waals surface area (Å²) in [4.78, 5) is 26.9. The van der Waals surface area contributed by atoms with Gasteiger partial charge in [-0.25, -0.2) is 8.42 Å². The first-order chi connectivity index (χ1) is 16.6. The molecule has 0 fully saturated rings. The van der Waals surface area contributed by atoms with E-state index in [0.717, 1.165) is 17.4 Å². The largest absolute Gasteiger partial charge is 0.303 e. The number of sulfone groups is 1. The van der Waals surface area contributed by atoms with Gasteiger partial charge < -0.3 is 4.79 Å². The first kappa shape index (κ1) is 24.8. The Kier molecular flexibility index (Phi) is 6.41. The highest BCUT2D eigenvalue weighted by molar-refractivity contribution is 7.92. The van der Waals surface area contributed by atoms with Crippen molar-refractivity contribution in [2.75, 3.05) is 0 Å². The molecule has 0 heterocycles. The Hall–Kier alpha value is -3.31. The van der Waals surface area contributed by atoms with Crippen LogP contribution in [0.15, 0.2) is 95.9 Å². The van der Waals surface area contributed by atoms with Crippen molar-refractivity contribution in [3.05, 3.63) is 102 Å². The summed E-state index contributed by atoms with van der Waals surface area (Å²) in [6.07, 6.45) is 0.797. The molecule has 0 bridgehead atoms. The standard InChI is InChI=1S/C30H30O4S/c1-21(20-31)29(3)26(23-14-8-5-9-15-23)27(24-16-10-6-11-17-24)30(4,28(29)32)22(2)35(33,34)25-18-12-7-13-19-25/h5-22H,1-4H3. The van der Waals surface area contributed by atoms with Crippen molar-refractivity contribution in [3.8, 4) is 0 Å². The Labute approximate surface area is 207 Å². The summed E-state index contributed by atoms with van der Waals surface area (Å²) in [7, 11) is -3.89. The molecule has 0 aromatic heterocycles. The number of aldehydes is 1. The fourth-order valence-corrected chi connectivity index (χ4v) is 7.26. The van der Waals surface area contributed by atoms with Crippen molar-refractivity contribution in [2.24, 2.45) is 16.7 Å². The van der Waals surface area contributed by atoms with Gasteiger partial charge in [0.2, 0.25) is 0 Å². The number of carbonyl (C=O) groups is 2. The van der Waals surface area contributed by atoms with E-state index in [4.69, 9.17) is 0 Å². The third-order valence-corrected chi connectivity index (χ3v) is 10.2. The maximum absolute atomic E-state index is 14.6. The van der Waals surface area contributed by atoms with Gasteiger partial charge in [0.1, 0.15) is 6.29 Å². The van der Waals surface area contributed by atoms with Crippen LogP contribution in [0.3, 0.4) is 0 Å². The van der Waals surface area contributed by atoms with E-state index in [0.29, 0.717) is 11.1 Å². The van der Waals surface area contributed by atoms with Gasteiger partial charge in [0.15, 0.2) is 15.6 Å². The summed E-state index contributed by atoms with van der Waals surface area (Å²) in [6.45, 7) is 6.86. The third-order valence-electron chi connectivity index (χ3n) is 7.82. The maximum Gasteiger partial charge on any atom is 0.182 e. The normalized spacial score (nSPS) is 24.3. The molecular weight excluding hydrogens is 456 g/mol. The fourth-order valence-electron chi connectivity index (χ4n) is 5.47. The molecule has 5 heteroatoms. The number of hydrogen-bond acceptors (Lipinski definition) is 4. The first-order valence-corrected chi connectivity index (χ1v) is 13.3. The SMILES string of the molecule is CC(C=O)C1(C)C(=O)C(C)(C(C)S(=O)(=O)c2ccccc2)C(c2ccccc2)=C1c1ccccc1. The minimum absolute atomic E-state index is 0.173. The maximum atomic E-state index is 14.6. The van der Waals surface area contributed by atoms with Crippen LogP contribution in [0.4, 0.5) is 0 Å². The average Bonchev–Trinajstić information content (AvgIpc) is 3.09. The summed E-state index contributed by atoms with van der Waals surface area (Å²) < 4.78 is 27.8. The highest BCUT2D eigenvalue weighted by Gasteiger charge is 2.63. The van der Waals surface area contributed by atoms with E-state index in [9.17, 15) is 18.0 Å². The second kappa shape index (κ2) is 9.04. The van der Waals surface area contributed by atoms with E-state index in [2.05, 4.69) is 0 Å². The predicted octanol–water partition coefficient (Wildman–Crippen LogP) is 5.89. The van der Waals surface area contributed by atoms with Gasteiger partial charge in [0.05, 0.1) is 21.0 Å². The highest BCUT2D eigenvalue weighted by atomic mass is 32.2. The lowest BCUT2D eigenvalue weighted by atomic mass is 9.67. The molecule has 4 rings (SSSR count). The number of carbonyl (C=O) groups excluding carboxylic acids is 2. The second-order valence-electron chi connectivity index (χ2n) is 9.64. The van der Waals surface area contributed by atoms with Crippen LogP contribution in [0.1, 0.15) is 38.8 Å². The molecule has 4 atom stereocenters. The summed E-state index contributed by atoms with van der Waals surface area (Å²) >= 11 is 0. The van der Waals surface area contributed by atoms with Gasteiger partial charge in [-0.3, -0.25) is 4.79 Å².